The highest BCUT2D eigenvalue weighted by Gasteiger charge is 2.29. The highest BCUT2D eigenvalue weighted by molar-refractivity contribution is 7.22. The largest absolute Gasteiger partial charge is 0.495 e. The average Bonchev–Trinajstić information content (AvgIpc) is 3.40. The second-order valence-corrected chi connectivity index (χ2v) is 9.44. The molecule has 0 bridgehead atoms. The minimum atomic E-state index is -0.109. The van der Waals surface area contributed by atoms with Crippen LogP contribution in [0.25, 0.3) is 16.0 Å². The number of nitrogens with zero attached hydrogens (tertiary/aromatic N) is 4. The molecule has 5 rings (SSSR count). The molecular weight excluding hydrogens is 434 g/mol. The zero-order valence-electron chi connectivity index (χ0n) is 19.0. The van der Waals surface area contributed by atoms with Crippen LogP contribution in [-0.2, 0) is 4.79 Å². The van der Waals surface area contributed by atoms with E-state index in [1.165, 1.54) is 0 Å². The van der Waals surface area contributed by atoms with E-state index in [1.54, 1.807) is 18.4 Å². The lowest BCUT2D eigenvalue weighted by molar-refractivity contribution is -0.120. The Hall–Kier alpha value is -3.39. The predicted molar refractivity (Wildman–Crippen MR) is 133 cm³/mol. The monoisotopic (exact) mass is 461 g/mol. The van der Waals surface area contributed by atoms with E-state index >= 15 is 0 Å². The van der Waals surface area contributed by atoms with Gasteiger partial charge >= 0.3 is 0 Å². The van der Waals surface area contributed by atoms with Crippen molar-refractivity contribution in [1.29, 1.82) is 0 Å². The number of anilines is 2. The van der Waals surface area contributed by atoms with E-state index in [2.05, 4.69) is 15.3 Å². The number of aromatic nitrogens is 3. The van der Waals surface area contributed by atoms with Crippen LogP contribution in [0.5, 0.6) is 5.75 Å². The van der Waals surface area contributed by atoms with E-state index in [0.29, 0.717) is 12.3 Å². The highest BCUT2D eigenvalue weighted by Crippen LogP contribution is 2.35. The third kappa shape index (κ3) is 4.18. The minimum absolute atomic E-state index is 0.0244. The molecule has 2 aromatic carbocycles. The Balaban J connectivity index is 1.37. The molecule has 0 aliphatic carbocycles. The van der Waals surface area contributed by atoms with Crippen molar-refractivity contribution in [2.75, 3.05) is 30.4 Å². The van der Waals surface area contributed by atoms with Crippen LogP contribution in [0.4, 0.5) is 10.8 Å². The smallest absolute Gasteiger partial charge is 0.229 e. The van der Waals surface area contributed by atoms with Gasteiger partial charge in [0.25, 0.3) is 0 Å². The summed E-state index contributed by atoms with van der Waals surface area (Å²) in [5.74, 6) is 0.591. The van der Waals surface area contributed by atoms with Crippen LogP contribution in [0.2, 0.25) is 0 Å². The number of amides is 1. The molecule has 1 amide bonds. The summed E-state index contributed by atoms with van der Waals surface area (Å²) in [4.78, 5) is 20.3. The predicted octanol–water partition coefficient (Wildman–Crippen LogP) is 4.96. The first-order valence-electron chi connectivity index (χ1n) is 11.2. The molecule has 1 aliphatic heterocycles. The van der Waals surface area contributed by atoms with Crippen LogP contribution < -0.4 is 15.0 Å². The van der Waals surface area contributed by atoms with Gasteiger partial charge in [-0.2, -0.15) is 10.1 Å². The number of ether oxygens (including phenoxy) is 1. The van der Waals surface area contributed by atoms with Crippen molar-refractivity contribution in [3.63, 3.8) is 0 Å². The average molecular weight is 462 g/mol. The summed E-state index contributed by atoms with van der Waals surface area (Å²) in [6.45, 7) is 5.56. The topological polar surface area (TPSA) is 72.3 Å². The van der Waals surface area contributed by atoms with Gasteiger partial charge in [-0.3, -0.25) is 4.79 Å². The molecule has 8 heteroatoms. The Morgan fingerprint density at radius 1 is 1.18 bits per heavy atom. The molecule has 0 unspecified atom stereocenters. The fraction of sp³-hybridized carbons (Fsp3) is 0.320. The molecule has 1 N–H and O–H groups in total. The maximum Gasteiger partial charge on any atom is 0.229 e. The van der Waals surface area contributed by atoms with Gasteiger partial charge in [0.15, 0.2) is 10.8 Å². The van der Waals surface area contributed by atoms with Gasteiger partial charge in [0.05, 0.1) is 34.8 Å². The molecule has 3 heterocycles. The maximum atomic E-state index is 13.1. The number of carbonyl (C=O) groups is 1. The maximum absolute atomic E-state index is 13.1. The first-order valence-corrected chi connectivity index (χ1v) is 12.0. The standard InChI is InChI=1S/C25H27N5O2S/c1-16-11-12-21(32-3)20(14-16)26-24(31)18-8-7-13-29(15-18)25-27-23-22(33-25)17(2)28-30(23)19-9-5-4-6-10-19/h4-6,9-12,14,18H,7-8,13,15H2,1-3H3,(H,26,31)/t18-/m1/s1. The summed E-state index contributed by atoms with van der Waals surface area (Å²) in [6.07, 6.45) is 1.81. The number of aryl methyl sites for hydroxylation is 2. The summed E-state index contributed by atoms with van der Waals surface area (Å²) >= 11 is 1.65. The lowest BCUT2D eigenvalue weighted by atomic mass is 9.97. The first-order chi connectivity index (χ1) is 16.0. The zero-order valence-corrected chi connectivity index (χ0v) is 19.9. The number of piperidine rings is 1. The fourth-order valence-electron chi connectivity index (χ4n) is 4.33. The van der Waals surface area contributed by atoms with Gasteiger partial charge in [0.1, 0.15) is 5.75 Å². The SMILES string of the molecule is COc1ccc(C)cc1NC(=O)[C@@H]1CCCN(c2nc3c(s2)c(C)nn3-c2ccccc2)C1. The number of carbonyl (C=O) groups excluding carboxylic acids is 1. The number of methoxy groups -OCH3 is 1. The van der Waals surface area contributed by atoms with Gasteiger partial charge in [0, 0.05) is 13.1 Å². The van der Waals surface area contributed by atoms with Crippen molar-refractivity contribution in [2.45, 2.75) is 26.7 Å². The summed E-state index contributed by atoms with van der Waals surface area (Å²) in [5.41, 5.74) is 4.63. The quantitative estimate of drug-likeness (QED) is 0.455. The van der Waals surface area contributed by atoms with Gasteiger partial charge in [0.2, 0.25) is 5.91 Å². The van der Waals surface area contributed by atoms with Crippen molar-refractivity contribution >= 4 is 38.4 Å². The van der Waals surface area contributed by atoms with Crippen LogP contribution in [0.15, 0.2) is 48.5 Å². The van der Waals surface area contributed by atoms with Crippen LogP contribution in [-0.4, -0.2) is 40.9 Å². The number of fused-ring (bicyclic) bond motifs is 1. The van der Waals surface area contributed by atoms with Crippen LogP contribution >= 0.6 is 11.3 Å². The molecule has 7 nitrogen and oxygen atoms in total. The lowest BCUT2D eigenvalue weighted by Crippen LogP contribution is -2.40. The molecule has 1 fully saturated rings. The molecule has 1 saturated heterocycles. The van der Waals surface area contributed by atoms with Gasteiger partial charge in [-0.25, -0.2) is 4.68 Å². The zero-order chi connectivity index (χ0) is 22.9. The van der Waals surface area contributed by atoms with E-state index in [1.807, 2.05) is 67.1 Å². The third-order valence-electron chi connectivity index (χ3n) is 6.05. The van der Waals surface area contributed by atoms with Gasteiger partial charge in [-0.1, -0.05) is 35.6 Å². The number of benzene rings is 2. The Kier molecular flexibility index (Phi) is 5.76. The number of thiazole rings is 1. The van der Waals surface area contributed by atoms with E-state index in [4.69, 9.17) is 9.72 Å². The molecular formula is C25H27N5O2S. The molecule has 0 saturated carbocycles. The molecule has 4 aromatic rings. The number of hydrogen-bond donors (Lipinski definition) is 1. The van der Waals surface area contributed by atoms with Gasteiger partial charge < -0.3 is 15.0 Å². The summed E-state index contributed by atoms with van der Waals surface area (Å²) < 4.78 is 8.41. The Morgan fingerprint density at radius 2 is 2.00 bits per heavy atom. The number of hydrogen-bond acceptors (Lipinski definition) is 6. The second kappa shape index (κ2) is 8.86. The molecule has 1 aliphatic rings. The lowest BCUT2D eigenvalue weighted by Gasteiger charge is -2.31. The second-order valence-electron chi connectivity index (χ2n) is 8.46. The normalized spacial score (nSPS) is 16.2. The highest BCUT2D eigenvalue weighted by atomic mass is 32.1. The van der Waals surface area contributed by atoms with Gasteiger partial charge in [-0.05, 0) is 56.5 Å². The Bertz CT molecular complexity index is 1300. The molecule has 0 spiro atoms. The van der Waals surface area contributed by atoms with Crippen molar-refractivity contribution in [3.8, 4) is 11.4 Å². The minimum Gasteiger partial charge on any atom is -0.495 e. The molecule has 1 atom stereocenters. The van der Waals surface area contributed by atoms with Gasteiger partial charge in [-0.15, -0.1) is 0 Å². The van der Waals surface area contributed by atoms with Crippen molar-refractivity contribution in [2.24, 2.45) is 5.92 Å². The van der Waals surface area contributed by atoms with Crippen LogP contribution in [0, 0.1) is 19.8 Å². The molecule has 2 aromatic heterocycles. The molecule has 170 valence electrons. The van der Waals surface area contributed by atoms with Crippen molar-refractivity contribution in [1.82, 2.24) is 14.8 Å². The van der Waals surface area contributed by atoms with E-state index in [-0.39, 0.29) is 11.8 Å². The Labute approximate surface area is 197 Å². The summed E-state index contributed by atoms with van der Waals surface area (Å²) in [6, 6.07) is 15.9. The number of rotatable bonds is 5. The van der Waals surface area contributed by atoms with Crippen molar-refractivity contribution in [3.05, 3.63) is 59.8 Å². The Morgan fingerprint density at radius 3 is 2.79 bits per heavy atom. The number of para-hydroxylation sites is 1. The van der Waals surface area contributed by atoms with Crippen LogP contribution in [0.3, 0.4) is 0 Å². The van der Waals surface area contributed by atoms with Crippen LogP contribution in [0.1, 0.15) is 24.1 Å². The van der Waals surface area contributed by atoms with E-state index < -0.39 is 0 Å². The molecule has 33 heavy (non-hydrogen) atoms. The third-order valence-corrected chi connectivity index (χ3v) is 7.27. The van der Waals surface area contributed by atoms with E-state index in [9.17, 15) is 4.79 Å². The summed E-state index contributed by atoms with van der Waals surface area (Å²) in [7, 11) is 1.62. The van der Waals surface area contributed by atoms with E-state index in [0.717, 1.165) is 57.5 Å². The summed E-state index contributed by atoms with van der Waals surface area (Å²) in [5, 5.41) is 8.72. The number of nitrogens with one attached hydrogen (secondary N) is 1. The van der Waals surface area contributed by atoms with Crippen molar-refractivity contribution < 1.29 is 9.53 Å². The fourth-order valence-corrected chi connectivity index (χ4v) is 5.35. The molecule has 0 radical (unpaired) electrons. The first kappa shape index (κ1) is 21.5.